The molecular formula is C6H7BrN2O. The van der Waals surface area contributed by atoms with Crippen LogP contribution in [0.1, 0.15) is 5.56 Å². The van der Waals surface area contributed by atoms with Crippen molar-refractivity contribution in [1.82, 2.24) is 4.98 Å². The third kappa shape index (κ3) is 2.06. The van der Waals surface area contributed by atoms with Crippen LogP contribution in [0.3, 0.4) is 0 Å². The van der Waals surface area contributed by atoms with E-state index in [1.165, 1.54) is 0 Å². The Morgan fingerprint density at radius 2 is 2.40 bits per heavy atom. The lowest BCUT2D eigenvalue weighted by Crippen LogP contribution is -1.98. The van der Waals surface area contributed by atoms with Crippen molar-refractivity contribution in [2.75, 3.05) is 0 Å². The molecule has 1 aromatic heterocycles. The molecule has 1 rings (SSSR count). The van der Waals surface area contributed by atoms with E-state index in [2.05, 4.69) is 25.8 Å². The van der Waals surface area contributed by atoms with Gasteiger partial charge in [0.1, 0.15) is 4.60 Å². The van der Waals surface area contributed by atoms with Gasteiger partial charge in [0.05, 0.1) is 6.61 Å². The normalized spacial score (nSPS) is 9.80. The molecule has 54 valence electrons. The fourth-order valence-corrected chi connectivity index (χ4v) is 0.823. The van der Waals surface area contributed by atoms with Crippen LogP contribution in [0.4, 0.5) is 0 Å². The predicted octanol–water partition coefficient (Wildman–Crippen LogP) is 1.23. The molecule has 2 N–H and O–H groups in total. The van der Waals surface area contributed by atoms with Crippen LogP contribution in [-0.2, 0) is 11.4 Å². The molecule has 0 aliphatic heterocycles. The summed E-state index contributed by atoms with van der Waals surface area (Å²) in [4.78, 5) is 8.39. The summed E-state index contributed by atoms with van der Waals surface area (Å²) in [5.74, 6) is 4.86. The van der Waals surface area contributed by atoms with Gasteiger partial charge in [0, 0.05) is 6.20 Å². The Hall–Kier alpha value is -0.450. The number of rotatable bonds is 2. The fourth-order valence-electron chi connectivity index (χ4n) is 0.588. The van der Waals surface area contributed by atoms with Gasteiger partial charge >= 0.3 is 0 Å². The summed E-state index contributed by atoms with van der Waals surface area (Å²) in [6, 6.07) is 3.73. The number of nitrogens with zero attached hydrogens (tertiary/aromatic N) is 1. The zero-order valence-electron chi connectivity index (χ0n) is 5.25. The summed E-state index contributed by atoms with van der Waals surface area (Å²) in [6.45, 7) is 0.403. The highest BCUT2D eigenvalue weighted by atomic mass is 79.9. The lowest BCUT2D eigenvalue weighted by molar-refractivity contribution is 0.124. The Balaban J connectivity index is 2.69. The minimum Gasteiger partial charge on any atom is -0.300 e. The highest BCUT2D eigenvalue weighted by Crippen LogP contribution is 2.06. The molecule has 0 saturated carbocycles. The van der Waals surface area contributed by atoms with Crippen molar-refractivity contribution < 1.29 is 4.84 Å². The van der Waals surface area contributed by atoms with Gasteiger partial charge in [0.25, 0.3) is 0 Å². The molecule has 3 nitrogen and oxygen atoms in total. The average molecular weight is 203 g/mol. The summed E-state index contributed by atoms with van der Waals surface area (Å²) in [6.07, 6.45) is 1.71. The molecule has 0 bridgehead atoms. The molecule has 0 aliphatic carbocycles. The van der Waals surface area contributed by atoms with Crippen LogP contribution in [0.25, 0.3) is 0 Å². The molecule has 1 aromatic rings. The molecule has 0 unspecified atom stereocenters. The maximum atomic E-state index is 4.86. The number of pyridine rings is 1. The molecule has 0 aliphatic rings. The lowest BCUT2D eigenvalue weighted by Gasteiger charge is -1.96. The van der Waals surface area contributed by atoms with Gasteiger partial charge in [0.2, 0.25) is 0 Å². The van der Waals surface area contributed by atoms with Crippen molar-refractivity contribution in [1.29, 1.82) is 0 Å². The summed E-state index contributed by atoms with van der Waals surface area (Å²) >= 11 is 3.21. The topological polar surface area (TPSA) is 48.1 Å². The first kappa shape index (κ1) is 7.65. The van der Waals surface area contributed by atoms with Crippen LogP contribution in [0, 0.1) is 0 Å². The van der Waals surface area contributed by atoms with Crippen LogP contribution >= 0.6 is 15.9 Å². The number of aromatic nitrogens is 1. The van der Waals surface area contributed by atoms with E-state index in [-0.39, 0.29) is 0 Å². The molecule has 10 heavy (non-hydrogen) atoms. The molecule has 0 saturated heterocycles. The quantitative estimate of drug-likeness (QED) is 0.580. The molecule has 0 atom stereocenters. The van der Waals surface area contributed by atoms with E-state index < -0.39 is 0 Å². The van der Waals surface area contributed by atoms with E-state index in [0.29, 0.717) is 6.61 Å². The van der Waals surface area contributed by atoms with Crippen molar-refractivity contribution in [3.05, 3.63) is 28.5 Å². The minimum atomic E-state index is 0.403. The maximum absolute atomic E-state index is 4.86. The minimum absolute atomic E-state index is 0.403. The Kier molecular flexibility index (Phi) is 2.80. The van der Waals surface area contributed by atoms with Gasteiger partial charge in [-0.3, -0.25) is 4.84 Å². The van der Waals surface area contributed by atoms with Gasteiger partial charge in [0.15, 0.2) is 0 Å². The van der Waals surface area contributed by atoms with Gasteiger partial charge in [-0.2, -0.15) is 0 Å². The Morgan fingerprint density at radius 3 is 2.90 bits per heavy atom. The molecule has 4 heteroatoms. The second kappa shape index (κ2) is 3.65. The zero-order valence-corrected chi connectivity index (χ0v) is 6.84. The number of hydrogen-bond donors (Lipinski definition) is 1. The molecule has 0 amide bonds. The SMILES string of the molecule is NOCc1ccc(Br)nc1. The van der Waals surface area contributed by atoms with Crippen molar-refractivity contribution in [3.63, 3.8) is 0 Å². The summed E-state index contributed by atoms with van der Waals surface area (Å²) < 4.78 is 0.813. The van der Waals surface area contributed by atoms with Gasteiger partial charge < -0.3 is 0 Å². The second-order valence-corrected chi connectivity index (χ2v) is 2.61. The fraction of sp³-hybridized carbons (Fsp3) is 0.167. The van der Waals surface area contributed by atoms with Crippen molar-refractivity contribution in [2.24, 2.45) is 5.90 Å². The van der Waals surface area contributed by atoms with Crippen molar-refractivity contribution in [3.8, 4) is 0 Å². The summed E-state index contributed by atoms with van der Waals surface area (Å²) in [5, 5.41) is 0. The maximum Gasteiger partial charge on any atom is 0.106 e. The zero-order chi connectivity index (χ0) is 7.40. The van der Waals surface area contributed by atoms with E-state index >= 15 is 0 Å². The summed E-state index contributed by atoms with van der Waals surface area (Å²) in [5.41, 5.74) is 0.964. The Bertz CT molecular complexity index is 199. The molecular weight excluding hydrogens is 196 g/mol. The van der Waals surface area contributed by atoms with Gasteiger partial charge in [-0.25, -0.2) is 10.9 Å². The molecule has 1 heterocycles. The first-order valence-corrected chi connectivity index (χ1v) is 3.54. The number of nitrogens with two attached hydrogens (primary N) is 1. The first-order valence-electron chi connectivity index (χ1n) is 2.75. The highest BCUT2D eigenvalue weighted by molar-refractivity contribution is 9.10. The number of hydrogen-bond acceptors (Lipinski definition) is 3. The highest BCUT2D eigenvalue weighted by Gasteiger charge is 1.90. The molecule has 0 aromatic carbocycles. The standard InChI is InChI=1S/C6H7BrN2O/c7-6-2-1-5(3-9-6)4-10-8/h1-3H,4,8H2. The lowest BCUT2D eigenvalue weighted by atomic mass is 10.3. The predicted molar refractivity (Wildman–Crippen MR) is 40.9 cm³/mol. The van der Waals surface area contributed by atoms with E-state index in [4.69, 9.17) is 5.90 Å². The van der Waals surface area contributed by atoms with Crippen LogP contribution in [0.5, 0.6) is 0 Å². The average Bonchev–Trinajstić information content (AvgIpc) is 1.95. The largest absolute Gasteiger partial charge is 0.300 e. The Labute approximate surface area is 67.3 Å². The van der Waals surface area contributed by atoms with E-state index in [9.17, 15) is 0 Å². The van der Waals surface area contributed by atoms with Crippen molar-refractivity contribution in [2.45, 2.75) is 6.61 Å². The van der Waals surface area contributed by atoms with Crippen LogP contribution < -0.4 is 5.90 Å². The van der Waals surface area contributed by atoms with Crippen LogP contribution in [0.15, 0.2) is 22.9 Å². The van der Waals surface area contributed by atoms with Crippen LogP contribution in [-0.4, -0.2) is 4.98 Å². The van der Waals surface area contributed by atoms with E-state index in [1.54, 1.807) is 6.20 Å². The molecule has 0 radical (unpaired) electrons. The third-order valence-electron chi connectivity index (χ3n) is 1.04. The monoisotopic (exact) mass is 202 g/mol. The molecule has 0 spiro atoms. The summed E-state index contributed by atoms with van der Waals surface area (Å²) in [7, 11) is 0. The first-order chi connectivity index (χ1) is 4.83. The second-order valence-electron chi connectivity index (χ2n) is 1.80. The van der Waals surface area contributed by atoms with Gasteiger partial charge in [-0.05, 0) is 27.6 Å². The number of halogens is 1. The van der Waals surface area contributed by atoms with Crippen LogP contribution in [0.2, 0.25) is 0 Å². The van der Waals surface area contributed by atoms with Gasteiger partial charge in [-0.15, -0.1) is 0 Å². The van der Waals surface area contributed by atoms with Crippen molar-refractivity contribution >= 4 is 15.9 Å². The van der Waals surface area contributed by atoms with Gasteiger partial charge in [-0.1, -0.05) is 6.07 Å². The smallest absolute Gasteiger partial charge is 0.106 e. The molecule has 0 fully saturated rings. The third-order valence-corrected chi connectivity index (χ3v) is 1.51. The Morgan fingerprint density at radius 1 is 1.60 bits per heavy atom. The van der Waals surface area contributed by atoms with E-state index in [1.807, 2.05) is 12.1 Å². The van der Waals surface area contributed by atoms with E-state index in [0.717, 1.165) is 10.2 Å².